The van der Waals surface area contributed by atoms with Crippen LogP contribution in [0.5, 0.6) is 0 Å². The van der Waals surface area contributed by atoms with E-state index < -0.39 is 0 Å². The molecule has 0 aliphatic heterocycles. The highest BCUT2D eigenvalue weighted by molar-refractivity contribution is 5.78. The molecule has 2 heteroatoms. The second kappa shape index (κ2) is 5.69. The van der Waals surface area contributed by atoms with Gasteiger partial charge < -0.3 is 0 Å². The van der Waals surface area contributed by atoms with E-state index in [1.165, 1.54) is 49.5 Å². The first-order chi connectivity index (χ1) is 7.90. The molecule has 0 aliphatic rings. The number of hydrogen-bond donors (Lipinski definition) is 1. The average molecular weight is 216 g/mol. The fourth-order valence-corrected chi connectivity index (χ4v) is 2.08. The summed E-state index contributed by atoms with van der Waals surface area (Å²) in [7, 11) is 0. The summed E-state index contributed by atoms with van der Waals surface area (Å²) in [5.74, 6) is 0. The van der Waals surface area contributed by atoms with Gasteiger partial charge in [-0.25, -0.2) is 0 Å². The number of rotatable bonds is 6. The van der Waals surface area contributed by atoms with E-state index in [1.807, 2.05) is 6.20 Å². The van der Waals surface area contributed by atoms with Gasteiger partial charge in [-0.2, -0.15) is 5.10 Å². The lowest BCUT2D eigenvalue weighted by Crippen LogP contribution is -1.85. The SMILES string of the molecule is CCCCCCCc1ccc2[nH]ncc2c1. The van der Waals surface area contributed by atoms with Crippen molar-refractivity contribution in [1.82, 2.24) is 10.2 Å². The molecule has 0 spiro atoms. The fourth-order valence-electron chi connectivity index (χ4n) is 2.08. The van der Waals surface area contributed by atoms with Crippen LogP contribution in [0.15, 0.2) is 24.4 Å². The number of aromatic nitrogens is 2. The van der Waals surface area contributed by atoms with Gasteiger partial charge in [-0.1, -0.05) is 38.7 Å². The first-order valence-corrected chi connectivity index (χ1v) is 6.32. The maximum Gasteiger partial charge on any atom is 0.0650 e. The maximum atomic E-state index is 4.04. The number of H-pyrrole nitrogens is 1. The number of fused-ring (bicyclic) bond motifs is 1. The Kier molecular flexibility index (Phi) is 3.97. The van der Waals surface area contributed by atoms with E-state index in [-0.39, 0.29) is 0 Å². The molecule has 2 aromatic rings. The zero-order valence-corrected chi connectivity index (χ0v) is 10.00. The van der Waals surface area contributed by atoms with E-state index in [0.717, 1.165) is 5.52 Å². The molecule has 16 heavy (non-hydrogen) atoms. The minimum atomic E-state index is 1.13. The van der Waals surface area contributed by atoms with Gasteiger partial charge in [0.15, 0.2) is 0 Å². The van der Waals surface area contributed by atoms with Crippen LogP contribution < -0.4 is 0 Å². The zero-order chi connectivity index (χ0) is 11.2. The van der Waals surface area contributed by atoms with Gasteiger partial charge in [0.05, 0.1) is 11.7 Å². The monoisotopic (exact) mass is 216 g/mol. The van der Waals surface area contributed by atoms with E-state index >= 15 is 0 Å². The first kappa shape index (κ1) is 11.2. The summed E-state index contributed by atoms with van der Waals surface area (Å²) in [5, 5.41) is 8.25. The van der Waals surface area contributed by atoms with E-state index in [9.17, 15) is 0 Å². The van der Waals surface area contributed by atoms with Gasteiger partial charge in [-0.15, -0.1) is 0 Å². The molecule has 1 heterocycles. The van der Waals surface area contributed by atoms with E-state index in [2.05, 4.69) is 35.3 Å². The minimum absolute atomic E-state index is 1.13. The predicted octanol–water partition coefficient (Wildman–Crippen LogP) is 4.08. The number of hydrogen-bond acceptors (Lipinski definition) is 1. The Balaban J connectivity index is 1.84. The fraction of sp³-hybridized carbons (Fsp3) is 0.500. The van der Waals surface area contributed by atoms with Crippen LogP contribution in [0.2, 0.25) is 0 Å². The van der Waals surface area contributed by atoms with Crippen LogP contribution in [-0.4, -0.2) is 10.2 Å². The molecule has 0 aliphatic carbocycles. The number of aromatic amines is 1. The molecule has 0 fully saturated rings. The van der Waals surface area contributed by atoms with Crippen molar-refractivity contribution < 1.29 is 0 Å². The summed E-state index contributed by atoms with van der Waals surface area (Å²) in [6.07, 6.45) is 9.84. The van der Waals surface area contributed by atoms with Crippen LogP contribution in [0.1, 0.15) is 44.6 Å². The summed E-state index contributed by atoms with van der Waals surface area (Å²) in [5.41, 5.74) is 2.57. The molecule has 86 valence electrons. The van der Waals surface area contributed by atoms with Crippen molar-refractivity contribution in [3.05, 3.63) is 30.0 Å². The van der Waals surface area contributed by atoms with Crippen molar-refractivity contribution in [2.45, 2.75) is 45.4 Å². The summed E-state index contributed by atoms with van der Waals surface area (Å²) in [6, 6.07) is 6.59. The van der Waals surface area contributed by atoms with Crippen LogP contribution in [0.4, 0.5) is 0 Å². The molecular weight excluding hydrogens is 196 g/mol. The Bertz CT molecular complexity index is 431. The highest BCUT2D eigenvalue weighted by atomic mass is 15.1. The topological polar surface area (TPSA) is 28.7 Å². The average Bonchev–Trinajstić information content (AvgIpc) is 2.76. The van der Waals surface area contributed by atoms with Crippen molar-refractivity contribution in [2.24, 2.45) is 0 Å². The summed E-state index contributed by atoms with van der Waals surface area (Å²) in [4.78, 5) is 0. The standard InChI is InChI=1S/C14H20N2/c1-2-3-4-5-6-7-12-8-9-14-13(10-12)11-15-16-14/h8-11H,2-7H2,1H3,(H,15,16). The van der Waals surface area contributed by atoms with Gasteiger partial charge in [0, 0.05) is 5.39 Å². The minimum Gasteiger partial charge on any atom is -0.278 e. The third-order valence-electron chi connectivity index (χ3n) is 3.07. The predicted molar refractivity (Wildman–Crippen MR) is 68.6 cm³/mol. The molecule has 1 aromatic heterocycles. The Hall–Kier alpha value is -1.31. The van der Waals surface area contributed by atoms with Crippen molar-refractivity contribution in [3.63, 3.8) is 0 Å². The largest absolute Gasteiger partial charge is 0.278 e. The molecule has 0 radical (unpaired) electrons. The molecule has 0 atom stereocenters. The van der Waals surface area contributed by atoms with Gasteiger partial charge in [0.1, 0.15) is 0 Å². The van der Waals surface area contributed by atoms with E-state index in [0.29, 0.717) is 0 Å². The third-order valence-corrected chi connectivity index (χ3v) is 3.07. The Morgan fingerprint density at radius 2 is 2.00 bits per heavy atom. The highest BCUT2D eigenvalue weighted by Gasteiger charge is 1.98. The molecule has 0 amide bonds. The number of unbranched alkanes of at least 4 members (excludes halogenated alkanes) is 4. The highest BCUT2D eigenvalue weighted by Crippen LogP contribution is 2.15. The molecule has 2 nitrogen and oxygen atoms in total. The lowest BCUT2D eigenvalue weighted by atomic mass is 10.0. The van der Waals surface area contributed by atoms with Crippen molar-refractivity contribution in [1.29, 1.82) is 0 Å². The van der Waals surface area contributed by atoms with Gasteiger partial charge in [-0.3, -0.25) is 5.10 Å². The Labute approximate surface area is 97.1 Å². The number of nitrogens with zero attached hydrogens (tertiary/aromatic N) is 1. The Morgan fingerprint density at radius 3 is 2.88 bits per heavy atom. The van der Waals surface area contributed by atoms with E-state index in [1.54, 1.807) is 0 Å². The lowest BCUT2D eigenvalue weighted by molar-refractivity contribution is 0.632. The summed E-state index contributed by atoms with van der Waals surface area (Å²) < 4.78 is 0. The van der Waals surface area contributed by atoms with Crippen molar-refractivity contribution >= 4 is 10.9 Å². The van der Waals surface area contributed by atoms with Gasteiger partial charge in [0.25, 0.3) is 0 Å². The van der Waals surface area contributed by atoms with Gasteiger partial charge in [-0.05, 0) is 30.5 Å². The van der Waals surface area contributed by atoms with Gasteiger partial charge >= 0.3 is 0 Å². The molecule has 0 saturated heterocycles. The normalized spacial score (nSPS) is 11.1. The molecule has 0 bridgehead atoms. The first-order valence-electron chi connectivity index (χ1n) is 6.32. The Morgan fingerprint density at radius 1 is 1.12 bits per heavy atom. The van der Waals surface area contributed by atoms with Crippen LogP contribution in [0.25, 0.3) is 10.9 Å². The van der Waals surface area contributed by atoms with Crippen LogP contribution >= 0.6 is 0 Å². The molecule has 2 rings (SSSR count). The lowest BCUT2D eigenvalue weighted by Gasteiger charge is -2.01. The van der Waals surface area contributed by atoms with Crippen LogP contribution in [0.3, 0.4) is 0 Å². The smallest absolute Gasteiger partial charge is 0.0650 e. The second-order valence-corrected chi connectivity index (χ2v) is 4.46. The summed E-state index contributed by atoms with van der Waals surface area (Å²) >= 11 is 0. The van der Waals surface area contributed by atoms with Crippen molar-refractivity contribution in [3.8, 4) is 0 Å². The third kappa shape index (κ3) is 2.84. The quantitative estimate of drug-likeness (QED) is 0.724. The van der Waals surface area contributed by atoms with Crippen LogP contribution in [0, 0.1) is 0 Å². The van der Waals surface area contributed by atoms with E-state index in [4.69, 9.17) is 0 Å². The second-order valence-electron chi connectivity index (χ2n) is 4.46. The zero-order valence-electron chi connectivity index (χ0n) is 10.00. The summed E-state index contributed by atoms with van der Waals surface area (Å²) in [6.45, 7) is 2.26. The van der Waals surface area contributed by atoms with Gasteiger partial charge in [0.2, 0.25) is 0 Å². The molecule has 0 unspecified atom stereocenters. The molecule has 0 saturated carbocycles. The number of benzene rings is 1. The molecule has 1 N–H and O–H groups in total. The maximum absolute atomic E-state index is 4.04. The molecular formula is C14H20N2. The molecule has 1 aromatic carbocycles. The van der Waals surface area contributed by atoms with Crippen LogP contribution in [-0.2, 0) is 6.42 Å². The number of aryl methyl sites for hydroxylation is 1. The van der Waals surface area contributed by atoms with Crippen molar-refractivity contribution in [2.75, 3.05) is 0 Å². The number of nitrogens with one attached hydrogen (secondary N) is 1.